The number of fused-ring (bicyclic) bond motifs is 2. The van der Waals surface area contributed by atoms with E-state index in [9.17, 15) is 18.0 Å². The van der Waals surface area contributed by atoms with Crippen molar-refractivity contribution in [3.63, 3.8) is 0 Å². The number of hydrogen-bond acceptors (Lipinski definition) is 3. The second kappa shape index (κ2) is 5.13. The summed E-state index contributed by atoms with van der Waals surface area (Å²) in [6, 6.07) is 5.81. The molecule has 5 nitrogen and oxygen atoms in total. The number of urea groups is 1. The van der Waals surface area contributed by atoms with Crippen molar-refractivity contribution in [2.75, 3.05) is 18.0 Å². The molecule has 2 amide bonds. The highest BCUT2D eigenvalue weighted by Gasteiger charge is 2.57. The van der Waals surface area contributed by atoms with Crippen molar-refractivity contribution in [2.45, 2.75) is 30.8 Å². The van der Waals surface area contributed by atoms with Crippen LogP contribution in [0.3, 0.4) is 0 Å². The SMILES string of the molecule is NC(=O)N1c2ccccc2C2(CCNCC2)C1OC(F)(F)F. The van der Waals surface area contributed by atoms with Crippen molar-refractivity contribution < 1.29 is 22.7 Å². The van der Waals surface area contributed by atoms with Crippen LogP contribution in [-0.2, 0) is 10.2 Å². The van der Waals surface area contributed by atoms with Crippen LogP contribution in [0.5, 0.6) is 0 Å². The molecule has 22 heavy (non-hydrogen) atoms. The van der Waals surface area contributed by atoms with Gasteiger partial charge in [0.25, 0.3) is 0 Å². The van der Waals surface area contributed by atoms with Gasteiger partial charge in [0.15, 0.2) is 6.23 Å². The van der Waals surface area contributed by atoms with E-state index in [2.05, 4.69) is 10.1 Å². The number of anilines is 1. The van der Waals surface area contributed by atoms with Gasteiger partial charge in [0.1, 0.15) is 0 Å². The van der Waals surface area contributed by atoms with Crippen molar-refractivity contribution in [3.8, 4) is 0 Å². The Labute approximate surface area is 125 Å². The summed E-state index contributed by atoms with van der Waals surface area (Å²) in [7, 11) is 0. The van der Waals surface area contributed by atoms with E-state index in [1.807, 2.05) is 0 Å². The molecule has 2 aliphatic rings. The molecule has 1 atom stereocenters. The third-order valence-corrected chi connectivity index (χ3v) is 4.39. The van der Waals surface area contributed by atoms with E-state index in [0.717, 1.165) is 4.90 Å². The quantitative estimate of drug-likeness (QED) is 0.834. The Kier molecular flexibility index (Phi) is 3.53. The summed E-state index contributed by atoms with van der Waals surface area (Å²) in [5.41, 5.74) is 5.52. The molecule has 8 heteroatoms. The average molecular weight is 315 g/mol. The Morgan fingerprint density at radius 2 is 1.95 bits per heavy atom. The summed E-state index contributed by atoms with van der Waals surface area (Å²) < 4.78 is 43.0. The zero-order valence-electron chi connectivity index (χ0n) is 11.7. The first-order chi connectivity index (χ1) is 10.4. The summed E-state index contributed by atoms with van der Waals surface area (Å²) in [5.74, 6) is 0. The van der Waals surface area contributed by atoms with Crippen LogP contribution in [0.25, 0.3) is 0 Å². The Hall–Kier alpha value is -1.80. The van der Waals surface area contributed by atoms with Crippen LogP contribution in [-0.4, -0.2) is 31.7 Å². The van der Waals surface area contributed by atoms with Gasteiger partial charge in [-0.2, -0.15) is 0 Å². The number of ether oxygens (including phenoxy) is 1. The maximum atomic E-state index is 12.9. The molecular formula is C14H16F3N3O2. The number of primary amides is 1. The second-order valence-electron chi connectivity index (χ2n) is 5.55. The Morgan fingerprint density at radius 1 is 1.32 bits per heavy atom. The van der Waals surface area contributed by atoms with Crippen molar-refractivity contribution in [1.29, 1.82) is 0 Å². The highest BCUT2D eigenvalue weighted by Crippen LogP contribution is 2.51. The number of rotatable bonds is 1. The van der Waals surface area contributed by atoms with Crippen molar-refractivity contribution in [2.24, 2.45) is 5.73 Å². The molecule has 2 aliphatic heterocycles. The van der Waals surface area contributed by atoms with Crippen LogP contribution >= 0.6 is 0 Å². The van der Waals surface area contributed by atoms with Crippen LogP contribution in [0.4, 0.5) is 23.7 Å². The van der Waals surface area contributed by atoms with E-state index >= 15 is 0 Å². The minimum atomic E-state index is -4.85. The highest BCUT2D eigenvalue weighted by molar-refractivity contribution is 5.94. The number of benzene rings is 1. The fraction of sp³-hybridized carbons (Fsp3) is 0.500. The number of nitrogens with two attached hydrogens (primary N) is 1. The Balaban J connectivity index is 2.13. The minimum Gasteiger partial charge on any atom is -0.351 e. The number of alkyl halides is 3. The monoisotopic (exact) mass is 315 g/mol. The number of carbonyl (C=O) groups excluding carboxylic acids is 1. The second-order valence-corrected chi connectivity index (χ2v) is 5.55. The standard InChI is InChI=1S/C14H16F3N3O2/c15-14(16,17)22-11-13(5-7-19-8-6-13)9-3-1-2-4-10(9)20(11)12(18)21/h1-4,11,19H,5-8H2,(H2,18,21). The molecule has 0 aromatic heterocycles. The third kappa shape index (κ3) is 2.32. The summed E-state index contributed by atoms with van der Waals surface area (Å²) in [6.07, 6.45) is -5.44. The first kappa shape index (κ1) is 15.1. The number of carbonyl (C=O) groups is 1. The molecule has 0 radical (unpaired) electrons. The first-order valence-corrected chi connectivity index (χ1v) is 6.99. The molecule has 1 aromatic rings. The fourth-order valence-corrected chi connectivity index (χ4v) is 3.53. The maximum Gasteiger partial charge on any atom is 0.524 e. The predicted octanol–water partition coefficient (Wildman–Crippen LogP) is 2.07. The van der Waals surface area contributed by atoms with Gasteiger partial charge in [0.05, 0.1) is 5.69 Å². The van der Waals surface area contributed by atoms with Crippen LogP contribution in [0.2, 0.25) is 0 Å². The van der Waals surface area contributed by atoms with E-state index in [4.69, 9.17) is 5.73 Å². The highest BCUT2D eigenvalue weighted by atomic mass is 19.4. The van der Waals surface area contributed by atoms with Gasteiger partial charge in [-0.1, -0.05) is 18.2 Å². The number of piperidine rings is 1. The van der Waals surface area contributed by atoms with Crippen molar-refractivity contribution in [3.05, 3.63) is 29.8 Å². The molecular weight excluding hydrogens is 299 g/mol. The van der Waals surface area contributed by atoms with Crippen molar-refractivity contribution >= 4 is 11.7 Å². The fourth-order valence-electron chi connectivity index (χ4n) is 3.53. The van der Waals surface area contributed by atoms with Gasteiger partial charge < -0.3 is 11.1 Å². The minimum absolute atomic E-state index is 0.395. The number of nitrogens with zero attached hydrogens (tertiary/aromatic N) is 1. The number of para-hydroxylation sites is 1. The van der Waals surface area contributed by atoms with E-state index in [0.29, 0.717) is 37.2 Å². The number of amides is 2. The van der Waals surface area contributed by atoms with Crippen LogP contribution in [0, 0.1) is 0 Å². The first-order valence-electron chi connectivity index (χ1n) is 6.99. The summed E-state index contributed by atoms with van der Waals surface area (Å²) in [4.78, 5) is 12.7. The average Bonchev–Trinajstić information content (AvgIpc) is 2.69. The zero-order chi connectivity index (χ0) is 16.0. The largest absolute Gasteiger partial charge is 0.524 e. The lowest BCUT2D eigenvalue weighted by molar-refractivity contribution is -0.348. The van der Waals surface area contributed by atoms with Crippen molar-refractivity contribution in [1.82, 2.24) is 5.32 Å². The molecule has 3 rings (SSSR count). The van der Waals surface area contributed by atoms with Gasteiger partial charge in [-0.25, -0.2) is 4.79 Å². The van der Waals surface area contributed by atoms with Gasteiger partial charge >= 0.3 is 12.4 Å². The van der Waals surface area contributed by atoms with Gasteiger partial charge in [-0.3, -0.25) is 9.64 Å². The topological polar surface area (TPSA) is 67.6 Å². The van der Waals surface area contributed by atoms with E-state index in [1.165, 1.54) is 0 Å². The Bertz CT molecular complexity index is 585. The lowest BCUT2D eigenvalue weighted by Gasteiger charge is -2.40. The molecule has 120 valence electrons. The lowest BCUT2D eigenvalue weighted by atomic mass is 9.73. The molecule has 1 unspecified atom stereocenters. The summed E-state index contributed by atoms with van der Waals surface area (Å²) >= 11 is 0. The zero-order valence-corrected chi connectivity index (χ0v) is 11.7. The van der Waals surface area contributed by atoms with Crippen LogP contribution in [0.1, 0.15) is 18.4 Å². The maximum absolute atomic E-state index is 12.9. The molecule has 1 saturated heterocycles. The third-order valence-electron chi connectivity index (χ3n) is 4.39. The van der Waals surface area contributed by atoms with Gasteiger partial charge in [-0.05, 0) is 37.6 Å². The summed E-state index contributed by atoms with van der Waals surface area (Å²) in [5, 5.41) is 3.12. The number of hydrogen-bond donors (Lipinski definition) is 2. The van der Waals surface area contributed by atoms with Gasteiger partial charge in [0, 0.05) is 5.41 Å². The molecule has 0 saturated carbocycles. The number of nitrogens with one attached hydrogen (secondary N) is 1. The summed E-state index contributed by atoms with van der Waals surface area (Å²) in [6.45, 7) is 1.11. The predicted molar refractivity (Wildman–Crippen MR) is 73.2 cm³/mol. The Morgan fingerprint density at radius 3 is 2.55 bits per heavy atom. The smallest absolute Gasteiger partial charge is 0.351 e. The molecule has 1 fully saturated rings. The van der Waals surface area contributed by atoms with Crippen LogP contribution in [0.15, 0.2) is 24.3 Å². The number of halogens is 3. The molecule has 1 aromatic carbocycles. The molecule has 2 heterocycles. The molecule has 1 spiro atoms. The van der Waals surface area contributed by atoms with Gasteiger partial charge in [-0.15, -0.1) is 13.2 Å². The van der Waals surface area contributed by atoms with Gasteiger partial charge in [0.2, 0.25) is 0 Å². The van der Waals surface area contributed by atoms with E-state index in [1.54, 1.807) is 24.3 Å². The normalized spacial score (nSPS) is 23.6. The molecule has 3 N–H and O–H groups in total. The molecule has 0 bridgehead atoms. The lowest BCUT2D eigenvalue weighted by Crippen LogP contribution is -2.56. The van der Waals surface area contributed by atoms with E-state index < -0.39 is 24.0 Å². The van der Waals surface area contributed by atoms with E-state index in [-0.39, 0.29) is 0 Å². The molecule has 0 aliphatic carbocycles. The van der Waals surface area contributed by atoms with Crippen LogP contribution < -0.4 is 16.0 Å².